The Morgan fingerprint density at radius 1 is 1.03 bits per heavy atom. The number of hydrogen-bond donors (Lipinski definition) is 2. The van der Waals surface area contributed by atoms with Gasteiger partial charge >= 0.3 is 0 Å². The van der Waals surface area contributed by atoms with Gasteiger partial charge in [0.1, 0.15) is 12.1 Å². The van der Waals surface area contributed by atoms with Gasteiger partial charge in [-0.25, -0.2) is 9.97 Å². The van der Waals surface area contributed by atoms with Crippen molar-refractivity contribution in [3.63, 3.8) is 0 Å². The minimum Gasteiger partial charge on any atom is -0.493 e. The van der Waals surface area contributed by atoms with E-state index in [2.05, 4.69) is 20.6 Å². The van der Waals surface area contributed by atoms with E-state index in [0.29, 0.717) is 52.0 Å². The molecule has 32 heavy (non-hydrogen) atoms. The maximum Gasteiger partial charge on any atom is 0.163 e. The normalized spacial score (nSPS) is 21.8. The Hall–Kier alpha value is -1.99. The van der Waals surface area contributed by atoms with Crippen molar-refractivity contribution in [2.75, 3.05) is 19.0 Å². The van der Waals surface area contributed by atoms with Crippen LogP contribution in [0.4, 0.5) is 11.5 Å². The highest BCUT2D eigenvalue weighted by Crippen LogP contribution is 2.37. The van der Waals surface area contributed by atoms with Crippen molar-refractivity contribution >= 4 is 58.0 Å². The Morgan fingerprint density at radius 3 is 2.53 bits per heavy atom. The van der Waals surface area contributed by atoms with Gasteiger partial charge in [-0.2, -0.15) is 0 Å². The molecule has 0 radical (unpaired) electrons. The lowest BCUT2D eigenvalue weighted by molar-refractivity contribution is 0.185. The minimum atomic E-state index is 0. The molecule has 2 aliphatic rings. The zero-order valence-electron chi connectivity index (χ0n) is 17.6. The van der Waals surface area contributed by atoms with Crippen molar-refractivity contribution in [1.82, 2.24) is 15.3 Å². The molecule has 0 spiro atoms. The quantitative estimate of drug-likeness (QED) is 0.436. The third-order valence-corrected chi connectivity index (χ3v) is 6.89. The fourth-order valence-electron chi connectivity index (χ4n) is 4.67. The Morgan fingerprint density at radius 2 is 1.81 bits per heavy atom. The zero-order valence-corrected chi connectivity index (χ0v) is 19.9. The molecular formula is C23H25Cl3N4O2. The number of ether oxygens (including phenoxy) is 2. The number of halogens is 3. The van der Waals surface area contributed by atoms with Gasteiger partial charge in [0.2, 0.25) is 0 Å². The highest BCUT2D eigenvalue weighted by Gasteiger charge is 2.33. The van der Waals surface area contributed by atoms with Gasteiger partial charge in [0.05, 0.1) is 29.3 Å². The number of methoxy groups -OCH3 is 1. The van der Waals surface area contributed by atoms with E-state index in [9.17, 15) is 0 Å². The van der Waals surface area contributed by atoms with Crippen LogP contribution in [0.1, 0.15) is 25.7 Å². The molecule has 1 aromatic heterocycles. The molecular weight excluding hydrogens is 471 g/mol. The summed E-state index contributed by atoms with van der Waals surface area (Å²) in [6.07, 6.45) is 6.44. The number of nitrogens with one attached hydrogen (secondary N) is 2. The molecule has 2 aromatic carbocycles. The van der Waals surface area contributed by atoms with Crippen LogP contribution < -0.4 is 20.1 Å². The number of rotatable bonds is 6. The first kappa shape index (κ1) is 23.2. The van der Waals surface area contributed by atoms with Crippen molar-refractivity contribution in [2.24, 2.45) is 5.92 Å². The summed E-state index contributed by atoms with van der Waals surface area (Å²) in [5, 5.41) is 8.78. The molecule has 2 fully saturated rings. The second-order valence-electron chi connectivity index (χ2n) is 8.28. The number of anilines is 2. The molecule has 2 unspecified atom stereocenters. The second kappa shape index (κ2) is 9.87. The molecule has 2 atom stereocenters. The van der Waals surface area contributed by atoms with E-state index in [1.165, 1.54) is 32.0 Å². The zero-order chi connectivity index (χ0) is 21.4. The van der Waals surface area contributed by atoms with Crippen LogP contribution in [0.15, 0.2) is 36.7 Å². The van der Waals surface area contributed by atoms with Gasteiger partial charge in [0, 0.05) is 29.2 Å². The van der Waals surface area contributed by atoms with Gasteiger partial charge in [-0.05, 0) is 55.9 Å². The molecule has 2 bridgehead atoms. The fraction of sp³-hybridized carbons (Fsp3) is 0.391. The highest BCUT2D eigenvalue weighted by atomic mass is 35.5. The van der Waals surface area contributed by atoms with E-state index in [-0.39, 0.29) is 12.4 Å². The predicted molar refractivity (Wildman–Crippen MR) is 131 cm³/mol. The standard InChI is InChI=1S/C23H24Cl2N4O2.ClH/c1-30-21-9-17-20(10-22(21)31-11-13-6-14-2-3-15(7-13)28-14)26-12-27-23(17)29-16-4-5-18(24)19(25)8-16;/h4-5,8-10,12-15,28H,2-3,6-7,11H2,1H3,(H,26,27,29);1H. The van der Waals surface area contributed by atoms with E-state index < -0.39 is 0 Å². The molecule has 3 aromatic rings. The third kappa shape index (κ3) is 4.84. The molecule has 5 rings (SSSR count). The topological polar surface area (TPSA) is 68.3 Å². The summed E-state index contributed by atoms with van der Waals surface area (Å²) in [7, 11) is 1.65. The van der Waals surface area contributed by atoms with Crippen LogP contribution in [0.3, 0.4) is 0 Å². The molecule has 2 saturated heterocycles. The van der Waals surface area contributed by atoms with Crippen LogP contribution >= 0.6 is 35.6 Å². The van der Waals surface area contributed by atoms with E-state index in [0.717, 1.165) is 16.6 Å². The maximum absolute atomic E-state index is 6.22. The average Bonchev–Trinajstić information content (AvgIpc) is 3.12. The second-order valence-corrected chi connectivity index (χ2v) is 9.10. The van der Waals surface area contributed by atoms with Gasteiger partial charge in [-0.1, -0.05) is 23.2 Å². The molecule has 9 heteroatoms. The summed E-state index contributed by atoms with van der Waals surface area (Å²) in [6, 6.07) is 10.5. The van der Waals surface area contributed by atoms with Crippen molar-refractivity contribution in [1.29, 1.82) is 0 Å². The monoisotopic (exact) mass is 494 g/mol. The number of fused-ring (bicyclic) bond motifs is 3. The number of piperidine rings is 1. The van der Waals surface area contributed by atoms with Crippen molar-refractivity contribution in [2.45, 2.75) is 37.8 Å². The van der Waals surface area contributed by atoms with Gasteiger partial charge in [-0.15, -0.1) is 12.4 Å². The Balaban J connectivity index is 0.00000245. The van der Waals surface area contributed by atoms with Crippen LogP contribution in [0.25, 0.3) is 10.9 Å². The number of benzene rings is 2. The number of nitrogens with zero attached hydrogens (tertiary/aromatic N) is 2. The molecule has 0 amide bonds. The SMILES string of the molecule is COc1cc2c(Nc3ccc(Cl)c(Cl)c3)ncnc2cc1OCC1CC2CCC(C1)N2.Cl. The lowest BCUT2D eigenvalue weighted by Gasteiger charge is -2.29. The van der Waals surface area contributed by atoms with Gasteiger partial charge in [0.15, 0.2) is 11.5 Å². The molecule has 2 aliphatic heterocycles. The van der Waals surface area contributed by atoms with E-state index in [1.807, 2.05) is 18.2 Å². The largest absolute Gasteiger partial charge is 0.493 e. The summed E-state index contributed by atoms with van der Waals surface area (Å²) in [6.45, 7) is 0.690. The fourth-order valence-corrected chi connectivity index (χ4v) is 4.96. The average molecular weight is 496 g/mol. The summed E-state index contributed by atoms with van der Waals surface area (Å²) in [4.78, 5) is 8.84. The van der Waals surface area contributed by atoms with Gasteiger partial charge in [-0.3, -0.25) is 0 Å². The predicted octanol–water partition coefficient (Wildman–Crippen LogP) is 6.02. The van der Waals surface area contributed by atoms with E-state index in [4.69, 9.17) is 32.7 Å². The maximum atomic E-state index is 6.22. The molecule has 6 nitrogen and oxygen atoms in total. The van der Waals surface area contributed by atoms with E-state index >= 15 is 0 Å². The first-order valence-electron chi connectivity index (χ1n) is 10.5. The van der Waals surface area contributed by atoms with Crippen molar-refractivity contribution in [3.8, 4) is 11.5 Å². The smallest absolute Gasteiger partial charge is 0.163 e. The summed E-state index contributed by atoms with van der Waals surface area (Å²) < 4.78 is 11.9. The van der Waals surface area contributed by atoms with Crippen LogP contribution in [0.5, 0.6) is 11.5 Å². The Labute approximate surface area is 203 Å². The van der Waals surface area contributed by atoms with Crippen molar-refractivity contribution in [3.05, 3.63) is 46.7 Å². The third-order valence-electron chi connectivity index (χ3n) is 6.15. The minimum absolute atomic E-state index is 0. The number of aromatic nitrogens is 2. The highest BCUT2D eigenvalue weighted by molar-refractivity contribution is 6.42. The van der Waals surface area contributed by atoms with Crippen LogP contribution in [0.2, 0.25) is 10.0 Å². The Bertz CT molecular complexity index is 1100. The van der Waals surface area contributed by atoms with Gasteiger partial charge < -0.3 is 20.1 Å². The van der Waals surface area contributed by atoms with Gasteiger partial charge in [0.25, 0.3) is 0 Å². The summed E-state index contributed by atoms with van der Waals surface area (Å²) >= 11 is 12.2. The molecule has 2 N–H and O–H groups in total. The molecule has 3 heterocycles. The summed E-state index contributed by atoms with van der Waals surface area (Å²) in [5.41, 5.74) is 1.56. The van der Waals surface area contributed by atoms with Crippen LogP contribution in [0, 0.1) is 5.92 Å². The van der Waals surface area contributed by atoms with Crippen LogP contribution in [-0.2, 0) is 0 Å². The lowest BCUT2D eigenvalue weighted by Crippen LogP contribution is -2.39. The van der Waals surface area contributed by atoms with Crippen molar-refractivity contribution < 1.29 is 9.47 Å². The van der Waals surface area contributed by atoms with E-state index in [1.54, 1.807) is 19.2 Å². The molecule has 170 valence electrons. The van der Waals surface area contributed by atoms with Crippen LogP contribution in [-0.4, -0.2) is 35.8 Å². The lowest BCUT2D eigenvalue weighted by atomic mass is 9.93. The Kier molecular flexibility index (Phi) is 7.15. The number of hydrogen-bond acceptors (Lipinski definition) is 6. The summed E-state index contributed by atoms with van der Waals surface area (Å²) in [5.74, 6) is 2.59. The molecule has 0 saturated carbocycles. The first-order valence-corrected chi connectivity index (χ1v) is 11.3. The molecule has 0 aliphatic carbocycles. The first-order chi connectivity index (χ1) is 15.1.